The quantitative estimate of drug-likeness (QED) is 0.820. The summed E-state index contributed by atoms with van der Waals surface area (Å²) in [6.45, 7) is 0. The van der Waals surface area contributed by atoms with Crippen molar-refractivity contribution < 1.29 is 19.4 Å². The van der Waals surface area contributed by atoms with Gasteiger partial charge in [-0.25, -0.2) is 4.98 Å². The average molecular weight is 219 g/mol. The molecule has 0 atom stereocenters. The predicted octanol–water partition coefficient (Wildman–Crippen LogP) is 1.67. The molecule has 1 aromatic carbocycles. The molecule has 0 fully saturated rings. The summed E-state index contributed by atoms with van der Waals surface area (Å²) in [5.41, 5.74) is 1.19. The molecule has 0 aliphatic rings. The number of carboxylic acids is 1. The van der Waals surface area contributed by atoms with E-state index < -0.39 is 5.97 Å². The molecule has 0 radical (unpaired) electrons. The molecule has 0 spiro atoms. The molecule has 0 aliphatic carbocycles. The summed E-state index contributed by atoms with van der Waals surface area (Å²) in [6, 6.07) is 6.50. The van der Waals surface area contributed by atoms with E-state index in [0.717, 1.165) is 0 Å². The van der Waals surface area contributed by atoms with E-state index in [4.69, 9.17) is 9.52 Å². The number of oxazole rings is 1. The molecule has 1 aromatic heterocycles. The summed E-state index contributed by atoms with van der Waals surface area (Å²) in [5.74, 6) is -0.726. The van der Waals surface area contributed by atoms with Crippen molar-refractivity contribution in [3.05, 3.63) is 36.4 Å². The zero-order valence-corrected chi connectivity index (χ0v) is 8.25. The maximum atomic E-state index is 10.4. The number of phenols is 1. The second-order valence-electron chi connectivity index (χ2n) is 3.25. The van der Waals surface area contributed by atoms with Crippen molar-refractivity contribution in [1.82, 2.24) is 4.98 Å². The summed E-state index contributed by atoms with van der Waals surface area (Å²) in [4.78, 5) is 14.4. The Morgan fingerprint density at radius 1 is 1.44 bits per heavy atom. The van der Waals surface area contributed by atoms with Gasteiger partial charge in [-0.05, 0) is 12.1 Å². The highest BCUT2D eigenvalue weighted by atomic mass is 16.4. The van der Waals surface area contributed by atoms with Gasteiger partial charge in [-0.15, -0.1) is 0 Å². The normalized spacial score (nSPS) is 10.2. The molecule has 5 heteroatoms. The smallest absolute Gasteiger partial charge is 0.312 e. The fourth-order valence-corrected chi connectivity index (χ4v) is 1.32. The van der Waals surface area contributed by atoms with Crippen LogP contribution in [0, 0.1) is 0 Å². The lowest BCUT2D eigenvalue weighted by atomic mass is 10.2. The number of carboxylic acid groups (broad SMARTS) is 1. The number of aromatic hydroxyl groups is 1. The van der Waals surface area contributed by atoms with Crippen LogP contribution in [0.5, 0.6) is 5.75 Å². The molecule has 0 unspecified atom stereocenters. The van der Waals surface area contributed by atoms with E-state index in [1.54, 1.807) is 18.2 Å². The largest absolute Gasteiger partial charge is 0.508 e. The number of carbonyl (C=O) groups is 1. The standard InChI is InChI=1S/C11H9NO4/c13-8-3-1-2-7(4-8)9-6-16-10(12-9)5-11(14)15/h1-4,6,13H,5H2,(H,14,15). The second-order valence-corrected chi connectivity index (χ2v) is 3.25. The summed E-state index contributed by atoms with van der Waals surface area (Å²) in [6.07, 6.45) is 1.12. The van der Waals surface area contributed by atoms with Gasteiger partial charge in [-0.1, -0.05) is 12.1 Å². The Bertz CT molecular complexity index is 518. The number of nitrogens with zero attached hydrogens (tertiary/aromatic N) is 1. The Balaban J connectivity index is 2.28. The number of rotatable bonds is 3. The number of hydrogen-bond acceptors (Lipinski definition) is 4. The van der Waals surface area contributed by atoms with Crippen LogP contribution in [0.1, 0.15) is 5.89 Å². The molecule has 1 heterocycles. The molecule has 0 saturated heterocycles. The zero-order valence-electron chi connectivity index (χ0n) is 8.25. The molecule has 5 nitrogen and oxygen atoms in total. The highest BCUT2D eigenvalue weighted by Crippen LogP contribution is 2.22. The number of hydrogen-bond donors (Lipinski definition) is 2. The van der Waals surface area contributed by atoms with E-state index in [1.165, 1.54) is 12.3 Å². The van der Waals surface area contributed by atoms with Crippen LogP contribution in [0.4, 0.5) is 0 Å². The van der Waals surface area contributed by atoms with Gasteiger partial charge in [0.25, 0.3) is 0 Å². The lowest BCUT2D eigenvalue weighted by Crippen LogP contribution is -1.99. The van der Waals surface area contributed by atoms with Crippen LogP contribution >= 0.6 is 0 Å². The van der Waals surface area contributed by atoms with Crippen molar-refractivity contribution in [1.29, 1.82) is 0 Å². The minimum atomic E-state index is -0.996. The van der Waals surface area contributed by atoms with E-state index in [9.17, 15) is 9.90 Å². The van der Waals surface area contributed by atoms with Gasteiger partial charge in [-0.2, -0.15) is 0 Å². The van der Waals surface area contributed by atoms with Gasteiger partial charge in [0.2, 0.25) is 5.89 Å². The summed E-state index contributed by atoms with van der Waals surface area (Å²) < 4.78 is 5.00. The van der Waals surface area contributed by atoms with Crippen LogP contribution in [-0.4, -0.2) is 21.2 Å². The second kappa shape index (κ2) is 4.06. The van der Waals surface area contributed by atoms with Crippen molar-refractivity contribution in [2.75, 3.05) is 0 Å². The van der Waals surface area contributed by atoms with Crippen LogP contribution in [-0.2, 0) is 11.2 Å². The predicted molar refractivity (Wildman–Crippen MR) is 54.9 cm³/mol. The van der Waals surface area contributed by atoms with Crippen LogP contribution in [0.3, 0.4) is 0 Å². The monoisotopic (exact) mass is 219 g/mol. The van der Waals surface area contributed by atoms with E-state index in [2.05, 4.69) is 4.98 Å². The van der Waals surface area contributed by atoms with E-state index in [0.29, 0.717) is 11.3 Å². The first kappa shape index (κ1) is 10.2. The molecular weight excluding hydrogens is 210 g/mol. The van der Waals surface area contributed by atoms with Gasteiger partial charge in [0.05, 0.1) is 0 Å². The van der Waals surface area contributed by atoms with Gasteiger partial charge in [0, 0.05) is 5.56 Å². The lowest BCUT2D eigenvalue weighted by Gasteiger charge is -1.95. The summed E-state index contributed by atoms with van der Waals surface area (Å²) in [7, 11) is 0. The van der Waals surface area contributed by atoms with Crippen LogP contribution in [0.2, 0.25) is 0 Å². The number of phenolic OH excluding ortho intramolecular Hbond substituents is 1. The molecular formula is C11H9NO4. The van der Waals surface area contributed by atoms with Crippen LogP contribution in [0.25, 0.3) is 11.3 Å². The number of benzene rings is 1. The van der Waals surface area contributed by atoms with Crippen LogP contribution < -0.4 is 0 Å². The van der Waals surface area contributed by atoms with E-state index in [-0.39, 0.29) is 18.1 Å². The molecule has 82 valence electrons. The Morgan fingerprint density at radius 3 is 2.94 bits per heavy atom. The fraction of sp³-hybridized carbons (Fsp3) is 0.0909. The van der Waals surface area contributed by atoms with Gasteiger partial charge in [0.1, 0.15) is 24.1 Å². The number of aliphatic carboxylic acids is 1. The summed E-state index contributed by atoms with van der Waals surface area (Å²) >= 11 is 0. The molecule has 0 amide bonds. The lowest BCUT2D eigenvalue weighted by molar-refractivity contribution is -0.136. The van der Waals surface area contributed by atoms with Gasteiger partial charge in [-0.3, -0.25) is 4.79 Å². The maximum absolute atomic E-state index is 10.4. The third-order valence-electron chi connectivity index (χ3n) is 2.00. The van der Waals surface area contributed by atoms with Gasteiger partial charge < -0.3 is 14.6 Å². The zero-order chi connectivity index (χ0) is 11.5. The minimum absolute atomic E-state index is 0.125. The Labute approximate surface area is 91.0 Å². The first-order valence-corrected chi connectivity index (χ1v) is 4.61. The minimum Gasteiger partial charge on any atom is -0.508 e. The Hall–Kier alpha value is -2.30. The van der Waals surface area contributed by atoms with Crippen molar-refractivity contribution in [2.45, 2.75) is 6.42 Å². The third kappa shape index (κ3) is 2.20. The molecule has 0 aliphatic heterocycles. The highest BCUT2D eigenvalue weighted by molar-refractivity contribution is 5.69. The van der Waals surface area contributed by atoms with E-state index in [1.807, 2.05) is 0 Å². The SMILES string of the molecule is O=C(O)Cc1nc(-c2cccc(O)c2)co1. The first-order chi connectivity index (χ1) is 7.65. The van der Waals surface area contributed by atoms with Crippen LogP contribution in [0.15, 0.2) is 34.9 Å². The van der Waals surface area contributed by atoms with Gasteiger partial charge in [0.15, 0.2) is 0 Å². The molecule has 0 bridgehead atoms. The molecule has 2 rings (SSSR count). The Kier molecular flexibility index (Phi) is 2.59. The molecule has 0 saturated carbocycles. The van der Waals surface area contributed by atoms with Gasteiger partial charge >= 0.3 is 5.97 Å². The highest BCUT2D eigenvalue weighted by Gasteiger charge is 2.09. The van der Waals surface area contributed by atoms with Crippen molar-refractivity contribution in [2.24, 2.45) is 0 Å². The fourth-order valence-electron chi connectivity index (χ4n) is 1.32. The average Bonchev–Trinajstić information content (AvgIpc) is 2.65. The van der Waals surface area contributed by atoms with Crippen molar-refractivity contribution >= 4 is 5.97 Å². The maximum Gasteiger partial charge on any atom is 0.312 e. The molecule has 2 aromatic rings. The van der Waals surface area contributed by atoms with Crippen molar-refractivity contribution in [3.8, 4) is 17.0 Å². The number of aromatic nitrogens is 1. The molecule has 2 N–H and O–H groups in total. The third-order valence-corrected chi connectivity index (χ3v) is 2.00. The first-order valence-electron chi connectivity index (χ1n) is 4.61. The van der Waals surface area contributed by atoms with E-state index >= 15 is 0 Å². The molecule has 16 heavy (non-hydrogen) atoms. The Morgan fingerprint density at radius 2 is 2.25 bits per heavy atom. The topological polar surface area (TPSA) is 83.6 Å². The summed E-state index contributed by atoms with van der Waals surface area (Å²) in [5, 5.41) is 17.8. The van der Waals surface area contributed by atoms with Crippen molar-refractivity contribution in [3.63, 3.8) is 0 Å².